The first-order valence-corrected chi connectivity index (χ1v) is 18.5. The van der Waals surface area contributed by atoms with E-state index in [0.29, 0.717) is 18.8 Å². The summed E-state index contributed by atoms with van der Waals surface area (Å²) in [5, 5.41) is 10.4. The van der Waals surface area contributed by atoms with Crippen molar-refractivity contribution in [3.05, 3.63) is 94.2 Å². The minimum atomic E-state index is -4.43. The monoisotopic (exact) mass is 768 g/mol. The molecule has 0 radical (unpaired) electrons. The second-order valence-electron chi connectivity index (χ2n) is 11.6. The van der Waals surface area contributed by atoms with Crippen LogP contribution in [0.5, 0.6) is 0 Å². The van der Waals surface area contributed by atoms with Gasteiger partial charge in [-0.05, 0) is 82.6 Å². The van der Waals surface area contributed by atoms with Crippen LogP contribution < -0.4 is 9.62 Å². The first-order valence-electron chi connectivity index (χ1n) is 16.2. The number of amides is 3. The summed E-state index contributed by atoms with van der Waals surface area (Å²) >= 11 is 12.1. The van der Waals surface area contributed by atoms with Gasteiger partial charge in [-0.2, -0.15) is 0 Å². The molecule has 3 aromatic carbocycles. The van der Waals surface area contributed by atoms with E-state index < -0.39 is 64.7 Å². The summed E-state index contributed by atoms with van der Waals surface area (Å²) in [5.74, 6) is -2.13. The molecule has 0 saturated heterocycles. The van der Waals surface area contributed by atoms with E-state index >= 15 is 0 Å². The number of carbonyl (C=O) groups is 3. The predicted octanol–water partition coefficient (Wildman–Crippen LogP) is 6.02. The van der Waals surface area contributed by atoms with Crippen molar-refractivity contribution in [3.8, 4) is 0 Å². The highest BCUT2D eigenvalue weighted by molar-refractivity contribution is 7.89. The summed E-state index contributed by atoms with van der Waals surface area (Å²) in [4.78, 5) is 44.9. The lowest BCUT2D eigenvalue weighted by Crippen LogP contribution is -2.60. The van der Waals surface area contributed by atoms with Crippen molar-refractivity contribution < 1.29 is 41.8 Å². The molecule has 0 spiro atoms. The normalized spacial score (nSPS) is 12.8. The van der Waals surface area contributed by atoms with Crippen molar-refractivity contribution in [1.29, 1.82) is 0 Å². The molecule has 0 bridgehead atoms. The van der Waals surface area contributed by atoms with E-state index in [2.05, 4.69) is 4.72 Å². The number of hydrogen-bond donors (Lipinski definition) is 2. The van der Waals surface area contributed by atoms with Crippen molar-refractivity contribution in [1.82, 2.24) is 14.5 Å². The van der Waals surface area contributed by atoms with E-state index in [1.54, 1.807) is 58.0 Å². The molecular weight excluding hydrogens is 726 g/mol. The summed E-state index contributed by atoms with van der Waals surface area (Å²) in [5.41, 5.74) is 0.568. The topological polar surface area (TPSA) is 146 Å². The van der Waals surface area contributed by atoms with Gasteiger partial charge in [-0.15, -0.1) is 0 Å². The molecule has 2 unspecified atom stereocenters. The van der Waals surface area contributed by atoms with Gasteiger partial charge in [-0.1, -0.05) is 53.5 Å². The molecule has 0 heterocycles. The molecule has 0 saturated carbocycles. The number of benzene rings is 3. The van der Waals surface area contributed by atoms with E-state index in [0.717, 1.165) is 21.9 Å². The molecule has 0 aromatic heterocycles. The quantitative estimate of drug-likeness (QED) is 0.150. The van der Waals surface area contributed by atoms with E-state index in [-0.39, 0.29) is 33.7 Å². The standard InChI is InChI=1S/C35H43Cl2FN4O8S/c1-6-49-32(50-7-2)22-40(23(3)4)33(43)24(5)42(28-16-14-27(38)15-17-28)34(44)30(41(35(45)46)21-25-11-9-8-10-12-25)20-39-51(47,48)31-18-13-26(36)19-29(31)37/h8-19,23-24,30,32,39H,6-7,20-22H2,1-5H3,(H,45,46). The number of carbonyl (C=O) groups excluding carboxylic acids is 2. The molecule has 3 amide bonds. The van der Waals surface area contributed by atoms with Gasteiger partial charge in [-0.25, -0.2) is 22.3 Å². The van der Waals surface area contributed by atoms with Gasteiger partial charge in [0.05, 0.1) is 11.6 Å². The van der Waals surface area contributed by atoms with Gasteiger partial charge >= 0.3 is 6.09 Å². The van der Waals surface area contributed by atoms with Crippen LogP contribution in [0.3, 0.4) is 0 Å². The van der Waals surface area contributed by atoms with Crippen LogP contribution in [0, 0.1) is 5.82 Å². The Balaban J connectivity index is 2.14. The second-order valence-corrected chi connectivity index (χ2v) is 14.2. The average molecular weight is 770 g/mol. The van der Waals surface area contributed by atoms with Crippen molar-refractivity contribution >= 4 is 56.8 Å². The van der Waals surface area contributed by atoms with Crippen LogP contribution in [-0.2, 0) is 35.6 Å². The van der Waals surface area contributed by atoms with E-state index in [1.165, 1.54) is 42.2 Å². The number of halogens is 3. The summed E-state index contributed by atoms with van der Waals surface area (Å²) < 4.78 is 54.8. The Morgan fingerprint density at radius 3 is 2.02 bits per heavy atom. The maximum Gasteiger partial charge on any atom is 0.408 e. The smallest absolute Gasteiger partial charge is 0.408 e. The van der Waals surface area contributed by atoms with Gasteiger partial charge in [0, 0.05) is 43.1 Å². The first-order chi connectivity index (χ1) is 24.1. The Hall–Kier alpha value is -3.79. The third-order valence-corrected chi connectivity index (χ3v) is 9.94. The van der Waals surface area contributed by atoms with Crippen molar-refractivity contribution in [2.24, 2.45) is 0 Å². The van der Waals surface area contributed by atoms with Gasteiger partial charge in [-0.3, -0.25) is 19.4 Å². The zero-order valence-corrected chi connectivity index (χ0v) is 31.3. The molecule has 278 valence electrons. The van der Waals surface area contributed by atoms with Gasteiger partial charge in [0.15, 0.2) is 6.29 Å². The summed E-state index contributed by atoms with van der Waals surface area (Å²) in [7, 11) is -4.43. The van der Waals surface area contributed by atoms with Crippen LogP contribution in [0.25, 0.3) is 0 Å². The number of carboxylic acid groups (broad SMARTS) is 1. The number of nitrogens with zero attached hydrogens (tertiary/aromatic N) is 3. The molecular formula is C35H43Cl2FN4O8S. The Morgan fingerprint density at radius 2 is 1.49 bits per heavy atom. The summed E-state index contributed by atoms with van der Waals surface area (Å²) in [6.45, 7) is 8.11. The van der Waals surface area contributed by atoms with Crippen LogP contribution in [0.15, 0.2) is 77.7 Å². The molecule has 16 heteroatoms. The van der Waals surface area contributed by atoms with E-state index in [1.807, 2.05) is 0 Å². The van der Waals surface area contributed by atoms with Crippen LogP contribution >= 0.6 is 23.2 Å². The van der Waals surface area contributed by atoms with Crippen molar-refractivity contribution in [2.75, 3.05) is 31.2 Å². The highest BCUT2D eigenvalue weighted by Gasteiger charge is 2.40. The van der Waals surface area contributed by atoms with E-state index in [9.17, 15) is 32.3 Å². The van der Waals surface area contributed by atoms with Gasteiger partial charge in [0.25, 0.3) is 5.91 Å². The minimum Gasteiger partial charge on any atom is -0.465 e. The minimum absolute atomic E-state index is 0.00824. The predicted molar refractivity (Wildman–Crippen MR) is 193 cm³/mol. The van der Waals surface area contributed by atoms with Crippen LogP contribution in [0.1, 0.15) is 40.2 Å². The van der Waals surface area contributed by atoms with E-state index in [4.69, 9.17) is 32.7 Å². The van der Waals surface area contributed by atoms with Crippen molar-refractivity contribution in [2.45, 2.75) is 70.5 Å². The number of rotatable bonds is 18. The average Bonchev–Trinajstić information content (AvgIpc) is 3.07. The third kappa shape index (κ3) is 11.3. The maximum atomic E-state index is 14.8. The van der Waals surface area contributed by atoms with Gasteiger partial charge in [0.2, 0.25) is 15.9 Å². The number of hydrogen-bond acceptors (Lipinski definition) is 7. The lowest BCUT2D eigenvalue weighted by molar-refractivity contribution is -0.162. The third-order valence-electron chi connectivity index (χ3n) is 7.80. The molecule has 2 N–H and O–H groups in total. The number of nitrogens with one attached hydrogen (secondary N) is 1. The molecule has 3 rings (SSSR count). The Morgan fingerprint density at radius 1 is 0.882 bits per heavy atom. The SMILES string of the molecule is CCOC(CN(C(=O)C(C)N(C(=O)C(CNS(=O)(=O)c1ccc(Cl)cc1Cl)N(Cc1ccccc1)C(=O)O)c1ccc(F)cc1)C(C)C)OCC. The molecule has 12 nitrogen and oxygen atoms in total. The number of sulfonamides is 1. The van der Waals surface area contributed by atoms with Crippen LogP contribution in [0.2, 0.25) is 10.0 Å². The zero-order chi connectivity index (χ0) is 37.9. The second kappa shape index (κ2) is 19.2. The number of anilines is 1. The molecule has 0 aliphatic carbocycles. The summed E-state index contributed by atoms with van der Waals surface area (Å²) in [6, 6.07) is 13.4. The fourth-order valence-electron chi connectivity index (χ4n) is 5.28. The van der Waals surface area contributed by atoms with Crippen LogP contribution in [0.4, 0.5) is 14.9 Å². The summed E-state index contributed by atoms with van der Waals surface area (Å²) in [6.07, 6.45) is -2.32. The van der Waals surface area contributed by atoms with Gasteiger partial charge < -0.3 is 19.5 Å². The highest BCUT2D eigenvalue weighted by atomic mass is 35.5. The fourth-order valence-corrected chi connectivity index (χ4v) is 7.09. The number of ether oxygens (including phenoxy) is 2. The molecule has 0 aliphatic heterocycles. The largest absolute Gasteiger partial charge is 0.465 e. The highest BCUT2D eigenvalue weighted by Crippen LogP contribution is 2.26. The fraction of sp³-hybridized carbons (Fsp3) is 0.400. The Kier molecular flexibility index (Phi) is 15.6. The molecule has 2 atom stereocenters. The molecule has 3 aromatic rings. The zero-order valence-electron chi connectivity index (χ0n) is 29.0. The lowest BCUT2D eigenvalue weighted by Gasteiger charge is -2.39. The molecule has 0 fully saturated rings. The molecule has 51 heavy (non-hydrogen) atoms. The van der Waals surface area contributed by atoms with Crippen LogP contribution in [-0.4, -0.2) is 92.0 Å². The Bertz CT molecular complexity index is 1730. The van der Waals surface area contributed by atoms with Crippen molar-refractivity contribution in [3.63, 3.8) is 0 Å². The van der Waals surface area contributed by atoms with Gasteiger partial charge in [0.1, 0.15) is 22.8 Å². The Labute approximate surface area is 308 Å². The first kappa shape index (κ1) is 41.6. The molecule has 0 aliphatic rings. The maximum absolute atomic E-state index is 14.8. The lowest BCUT2D eigenvalue weighted by atomic mass is 10.1.